The average Bonchev–Trinajstić information content (AvgIpc) is 3.21. The molecular weight excluding hydrogens is 363 g/mol. The van der Waals surface area contributed by atoms with Crippen LogP contribution in [0.1, 0.15) is 22.6 Å². The smallest absolute Gasteiger partial charge is 0.273 e. The molecule has 0 aliphatic carbocycles. The lowest BCUT2D eigenvalue weighted by molar-refractivity contribution is 0.0943. The molecule has 0 saturated heterocycles. The molecule has 0 bridgehead atoms. The van der Waals surface area contributed by atoms with E-state index in [9.17, 15) is 4.79 Å². The minimum Gasteiger partial charge on any atom is -0.355 e. The number of aryl methyl sites for hydroxylation is 2. The van der Waals surface area contributed by atoms with E-state index in [-0.39, 0.29) is 11.6 Å². The van der Waals surface area contributed by atoms with Crippen LogP contribution in [0, 0.1) is 6.92 Å². The summed E-state index contributed by atoms with van der Waals surface area (Å²) in [6.07, 6.45) is 2.52. The number of aromatic nitrogens is 3. The van der Waals surface area contributed by atoms with Crippen molar-refractivity contribution in [2.45, 2.75) is 19.9 Å². The summed E-state index contributed by atoms with van der Waals surface area (Å²) < 4.78 is 7.11. The number of nitrogens with one attached hydrogen (secondary N) is 1. The number of halogens is 2. The van der Waals surface area contributed by atoms with Crippen LogP contribution in [0.25, 0.3) is 11.3 Å². The summed E-state index contributed by atoms with van der Waals surface area (Å²) >= 11 is 12.0. The summed E-state index contributed by atoms with van der Waals surface area (Å²) in [5, 5.41) is 11.8. The van der Waals surface area contributed by atoms with Crippen molar-refractivity contribution < 1.29 is 9.32 Å². The second-order valence-corrected chi connectivity index (χ2v) is 6.35. The maximum Gasteiger partial charge on any atom is 0.273 e. The van der Waals surface area contributed by atoms with Crippen molar-refractivity contribution in [2.24, 2.45) is 0 Å². The molecule has 130 valence electrons. The summed E-state index contributed by atoms with van der Waals surface area (Å²) in [7, 11) is 0. The molecule has 25 heavy (non-hydrogen) atoms. The molecular formula is C17H16Cl2N4O2. The molecule has 0 aliphatic rings. The standard InChI is InChI=1S/C17H16Cl2N4O2/c1-11-5-7-21-23(11)8-2-6-20-17(24)15-10-16(25-22-15)13-4-3-12(18)9-14(13)19/h3-5,7,9-10H,2,6,8H2,1H3,(H,20,24). The van der Waals surface area contributed by atoms with Crippen molar-refractivity contribution in [1.29, 1.82) is 0 Å². The summed E-state index contributed by atoms with van der Waals surface area (Å²) in [5.74, 6) is 0.122. The maximum atomic E-state index is 12.1. The number of hydrogen-bond acceptors (Lipinski definition) is 4. The van der Waals surface area contributed by atoms with Gasteiger partial charge in [0.25, 0.3) is 5.91 Å². The van der Waals surface area contributed by atoms with Gasteiger partial charge < -0.3 is 9.84 Å². The molecule has 0 unspecified atom stereocenters. The lowest BCUT2D eigenvalue weighted by Gasteiger charge is -2.05. The highest BCUT2D eigenvalue weighted by Crippen LogP contribution is 2.30. The first-order valence-electron chi connectivity index (χ1n) is 7.73. The van der Waals surface area contributed by atoms with E-state index in [0.717, 1.165) is 18.7 Å². The van der Waals surface area contributed by atoms with Gasteiger partial charge in [-0.3, -0.25) is 9.48 Å². The van der Waals surface area contributed by atoms with E-state index in [0.29, 0.717) is 27.9 Å². The second kappa shape index (κ2) is 7.72. The molecule has 2 heterocycles. The molecule has 0 radical (unpaired) electrons. The van der Waals surface area contributed by atoms with E-state index in [4.69, 9.17) is 27.7 Å². The Kier molecular flexibility index (Phi) is 5.40. The van der Waals surface area contributed by atoms with Crippen LogP contribution in [0.15, 0.2) is 41.1 Å². The van der Waals surface area contributed by atoms with Crippen LogP contribution in [0.4, 0.5) is 0 Å². The molecule has 8 heteroatoms. The van der Waals surface area contributed by atoms with E-state index in [1.54, 1.807) is 30.5 Å². The van der Waals surface area contributed by atoms with E-state index < -0.39 is 0 Å². The summed E-state index contributed by atoms with van der Waals surface area (Å²) in [5.41, 5.74) is 1.93. The van der Waals surface area contributed by atoms with Gasteiger partial charge in [0.2, 0.25) is 0 Å². The molecule has 1 N–H and O–H groups in total. The number of carbonyl (C=O) groups is 1. The molecule has 0 aliphatic heterocycles. The fourth-order valence-corrected chi connectivity index (χ4v) is 2.85. The number of rotatable bonds is 6. The first-order valence-corrected chi connectivity index (χ1v) is 8.49. The molecule has 0 spiro atoms. The van der Waals surface area contributed by atoms with Gasteiger partial charge in [0.15, 0.2) is 11.5 Å². The summed E-state index contributed by atoms with van der Waals surface area (Å²) in [6, 6.07) is 8.53. The molecule has 1 aromatic carbocycles. The fraction of sp³-hybridized carbons (Fsp3) is 0.235. The van der Waals surface area contributed by atoms with Crippen LogP contribution in [-0.2, 0) is 6.54 Å². The zero-order chi connectivity index (χ0) is 17.8. The Bertz CT molecular complexity index is 888. The zero-order valence-corrected chi connectivity index (χ0v) is 15.0. The highest BCUT2D eigenvalue weighted by Gasteiger charge is 2.15. The quantitative estimate of drug-likeness (QED) is 0.658. The Hall–Kier alpha value is -2.31. The van der Waals surface area contributed by atoms with Gasteiger partial charge in [-0.25, -0.2) is 0 Å². The monoisotopic (exact) mass is 378 g/mol. The number of amides is 1. The Morgan fingerprint density at radius 3 is 2.84 bits per heavy atom. The van der Waals surface area contributed by atoms with E-state index in [2.05, 4.69) is 15.6 Å². The maximum absolute atomic E-state index is 12.1. The van der Waals surface area contributed by atoms with E-state index in [1.165, 1.54) is 0 Å². The third kappa shape index (κ3) is 4.21. The third-order valence-electron chi connectivity index (χ3n) is 3.70. The third-order valence-corrected chi connectivity index (χ3v) is 4.25. The predicted molar refractivity (Wildman–Crippen MR) is 95.9 cm³/mol. The largest absolute Gasteiger partial charge is 0.355 e. The molecule has 1 amide bonds. The van der Waals surface area contributed by atoms with E-state index in [1.807, 2.05) is 17.7 Å². The topological polar surface area (TPSA) is 73.0 Å². The van der Waals surface area contributed by atoms with Crippen LogP contribution in [0.3, 0.4) is 0 Å². The minimum atomic E-state index is -0.294. The van der Waals surface area contributed by atoms with E-state index >= 15 is 0 Å². The first-order chi connectivity index (χ1) is 12.0. The number of hydrogen-bond donors (Lipinski definition) is 1. The van der Waals surface area contributed by atoms with Crippen molar-refractivity contribution in [3.05, 3.63) is 58.0 Å². The number of benzene rings is 1. The van der Waals surface area contributed by atoms with Gasteiger partial charge in [-0.15, -0.1) is 0 Å². The van der Waals surface area contributed by atoms with Crippen molar-refractivity contribution in [3.8, 4) is 11.3 Å². The Morgan fingerprint density at radius 1 is 1.28 bits per heavy atom. The Labute approximate surface area is 154 Å². The molecule has 3 aromatic rings. The Balaban J connectivity index is 1.56. The van der Waals surface area contributed by atoms with Crippen LogP contribution in [-0.4, -0.2) is 27.4 Å². The van der Waals surface area contributed by atoms with Crippen molar-refractivity contribution >= 4 is 29.1 Å². The summed E-state index contributed by atoms with van der Waals surface area (Å²) in [4.78, 5) is 12.1. The van der Waals surface area contributed by atoms with Gasteiger partial charge in [-0.2, -0.15) is 5.10 Å². The fourth-order valence-electron chi connectivity index (χ4n) is 2.35. The molecule has 6 nitrogen and oxygen atoms in total. The van der Waals surface area contributed by atoms with Crippen molar-refractivity contribution in [1.82, 2.24) is 20.3 Å². The predicted octanol–water partition coefficient (Wildman–Crippen LogP) is 3.97. The lowest BCUT2D eigenvalue weighted by Crippen LogP contribution is -2.25. The second-order valence-electron chi connectivity index (χ2n) is 5.51. The van der Waals surface area contributed by atoms with Crippen LogP contribution >= 0.6 is 23.2 Å². The minimum absolute atomic E-state index is 0.205. The number of carbonyl (C=O) groups excluding carboxylic acids is 1. The lowest BCUT2D eigenvalue weighted by atomic mass is 10.1. The van der Waals surface area contributed by atoms with Gasteiger partial charge in [0.1, 0.15) is 0 Å². The van der Waals surface area contributed by atoms with Crippen LogP contribution < -0.4 is 5.32 Å². The van der Waals surface area contributed by atoms with Gasteiger partial charge >= 0.3 is 0 Å². The van der Waals surface area contributed by atoms with Crippen LogP contribution in [0.5, 0.6) is 0 Å². The zero-order valence-electron chi connectivity index (χ0n) is 13.5. The normalized spacial score (nSPS) is 10.8. The van der Waals surface area contributed by atoms with Crippen LogP contribution in [0.2, 0.25) is 10.0 Å². The molecule has 0 atom stereocenters. The number of nitrogens with zero attached hydrogens (tertiary/aromatic N) is 3. The highest BCUT2D eigenvalue weighted by molar-refractivity contribution is 6.36. The Morgan fingerprint density at radius 2 is 2.12 bits per heavy atom. The van der Waals surface area contributed by atoms with Crippen molar-refractivity contribution in [2.75, 3.05) is 6.54 Å². The van der Waals surface area contributed by atoms with Gasteiger partial charge in [-0.05, 0) is 37.6 Å². The van der Waals surface area contributed by atoms with Crippen molar-refractivity contribution in [3.63, 3.8) is 0 Å². The SMILES string of the molecule is Cc1ccnn1CCCNC(=O)c1cc(-c2ccc(Cl)cc2Cl)on1. The first kappa shape index (κ1) is 17.5. The molecule has 2 aromatic heterocycles. The molecule has 3 rings (SSSR count). The van der Waals surface area contributed by atoms with Gasteiger partial charge in [-0.1, -0.05) is 28.4 Å². The molecule has 0 fully saturated rings. The van der Waals surface area contributed by atoms with Gasteiger partial charge in [0, 0.05) is 41.6 Å². The highest BCUT2D eigenvalue weighted by atomic mass is 35.5. The summed E-state index contributed by atoms with van der Waals surface area (Å²) in [6.45, 7) is 3.25. The average molecular weight is 379 g/mol. The van der Waals surface area contributed by atoms with Gasteiger partial charge in [0.05, 0.1) is 5.02 Å². The molecule has 0 saturated carbocycles.